The van der Waals surface area contributed by atoms with Crippen LogP contribution in [0, 0.1) is 4.77 Å². The Morgan fingerprint density at radius 3 is 2.77 bits per heavy atom. The Morgan fingerprint density at radius 2 is 2.23 bits per heavy atom. The normalized spacial score (nSPS) is 30.8. The van der Waals surface area contributed by atoms with Crippen molar-refractivity contribution in [2.75, 3.05) is 7.11 Å². The molecule has 0 aliphatic carbocycles. The number of carbonyl (C=O) groups excluding carboxylic acids is 1. The molecule has 0 radical (unpaired) electrons. The first kappa shape index (κ1) is 16.4. The smallest absolute Gasteiger partial charge is 0.294 e. The van der Waals surface area contributed by atoms with Crippen LogP contribution in [0.1, 0.15) is 6.92 Å². The molecule has 22 heavy (non-hydrogen) atoms. The van der Waals surface area contributed by atoms with Gasteiger partial charge in [-0.3, -0.25) is 14.3 Å². The number of H-pyrrole nitrogens is 1. The largest absolute Gasteiger partial charge is 0.500 e. The number of ether oxygens (including phenoxy) is 2. The van der Waals surface area contributed by atoms with Gasteiger partial charge in [0.05, 0.1) is 13.3 Å². The molecule has 120 valence electrons. The molecular formula is C12H14N2O7S. The van der Waals surface area contributed by atoms with Gasteiger partial charge in [0, 0.05) is 0 Å². The standard InChI is InChI=1S/C12H14N2O7S/c1-12(9(18)7(17)8(21-12)5(16)4-15)14-3-6(20-2)10(19)13-11(14)22/h3,7-9,16-18H,1-2H3,(H,13,19,22)/t7-,8-,9-,12-/m1/s1. The van der Waals surface area contributed by atoms with Gasteiger partial charge in [0.1, 0.15) is 12.2 Å². The van der Waals surface area contributed by atoms with Crippen LogP contribution in [-0.2, 0) is 15.3 Å². The fourth-order valence-corrected chi connectivity index (χ4v) is 2.61. The molecule has 4 N–H and O–H groups in total. The van der Waals surface area contributed by atoms with Crippen molar-refractivity contribution in [2.45, 2.75) is 31.0 Å². The molecular weight excluding hydrogens is 316 g/mol. The number of nitrogens with one attached hydrogen (secondary N) is 1. The fraction of sp³-hybridized carbons (Fsp3) is 0.500. The van der Waals surface area contributed by atoms with Crippen LogP contribution in [0.3, 0.4) is 0 Å². The quantitative estimate of drug-likeness (QED) is 0.314. The van der Waals surface area contributed by atoms with E-state index >= 15 is 0 Å². The van der Waals surface area contributed by atoms with E-state index < -0.39 is 35.4 Å². The number of aromatic nitrogens is 2. The van der Waals surface area contributed by atoms with E-state index in [0.717, 1.165) is 4.57 Å². The van der Waals surface area contributed by atoms with Crippen LogP contribution in [-0.4, -0.2) is 56.2 Å². The lowest BCUT2D eigenvalue weighted by atomic mass is 10.0. The lowest BCUT2D eigenvalue weighted by Gasteiger charge is -2.30. The zero-order valence-corrected chi connectivity index (χ0v) is 12.5. The van der Waals surface area contributed by atoms with E-state index in [1.54, 1.807) is 0 Å². The van der Waals surface area contributed by atoms with Crippen LogP contribution in [0.5, 0.6) is 5.75 Å². The Hall–Kier alpha value is -1.97. The van der Waals surface area contributed by atoms with Crippen LogP contribution >= 0.6 is 12.2 Å². The first-order valence-corrected chi connectivity index (χ1v) is 6.55. The maximum Gasteiger partial charge on any atom is 0.294 e. The Morgan fingerprint density at radius 1 is 1.59 bits per heavy atom. The third-order valence-electron chi connectivity index (χ3n) is 3.53. The fourth-order valence-electron chi connectivity index (χ4n) is 2.28. The molecule has 1 aliphatic rings. The van der Waals surface area contributed by atoms with Gasteiger partial charge in [0.15, 0.2) is 22.5 Å². The van der Waals surface area contributed by atoms with Crippen LogP contribution in [0.15, 0.2) is 16.8 Å². The van der Waals surface area contributed by atoms with Crippen molar-refractivity contribution in [3.05, 3.63) is 27.1 Å². The molecule has 0 spiro atoms. The maximum atomic E-state index is 11.6. The minimum Gasteiger partial charge on any atom is -0.500 e. The first-order valence-electron chi connectivity index (χ1n) is 6.14. The third kappa shape index (κ3) is 2.36. The summed E-state index contributed by atoms with van der Waals surface area (Å²) in [5, 5.41) is 29.6. The van der Waals surface area contributed by atoms with Crippen molar-refractivity contribution in [3.8, 4) is 5.75 Å². The summed E-state index contributed by atoms with van der Waals surface area (Å²) in [4.78, 5) is 24.5. The summed E-state index contributed by atoms with van der Waals surface area (Å²) in [5.41, 5.74) is -2.23. The van der Waals surface area contributed by atoms with Crippen molar-refractivity contribution in [1.82, 2.24) is 9.55 Å². The van der Waals surface area contributed by atoms with E-state index in [9.17, 15) is 24.9 Å². The zero-order valence-electron chi connectivity index (χ0n) is 11.6. The van der Waals surface area contributed by atoms with Gasteiger partial charge in [0.25, 0.3) is 5.56 Å². The van der Waals surface area contributed by atoms with Gasteiger partial charge in [-0.25, -0.2) is 4.79 Å². The summed E-state index contributed by atoms with van der Waals surface area (Å²) in [6.07, 6.45) is -3.42. The highest BCUT2D eigenvalue weighted by molar-refractivity contribution is 7.71. The van der Waals surface area contributed by atoms with Crippen LogP contribution in [0.25, 0.3) is 0 Å². The van der Waals surface area contributed by atoms with Gasteiger partial charge < -0.3 is 24.8 Å². The molecule has 0 saturated carbocycles. The van der Waals surface area contributed by atoms with Crippen molar-refractivity contribution >= 4 is 18.2 Å². The van der Waals surface area contributed by atoms with Crippen molar-refractivity contribution < 1.29 is 29.6 Å². The summed E-state index contributed by atoms with van der Waals surface area (Å²) in [5.74, 6) is 0.213. The monoisotopic (exact) mass is 330 g/mol. The molecule has 0 unspecified atom stereocenters. The molecule has 10 heteroatoms. The average molecular weight is 330 g/mol. The number of hydrogen-bond donors (Lipinski definition) is 4. The maximum absolute atomic E-state index is 11.6. The van der Waals surface area contributed by atoms with Crippen molar-refractivity contribution in [2.24, 2.45) is 0 Å². The second-order valence-electron chi connectivity index (χ2n) is 4.84. The second-order valence-corrected chi connectivity index (χ2v) is 5.23. The van der Waals surface area contributed by atoms with Gasteiger partial charge in [-0.2, -0.15) is 0 Å². The molecule has 0 amide bonds. The number of hydrogen-bond acceptors (Lipinski definition) is 8. The van der Waals surface area contributed by atoms with E-state index in [2.05, 4.69) is 4.98 Å². The van der Waals surface area contributed by atoms with Crippen LogP contribution in [0.2, 0.25) is 0 Å². The Labute approximate surface area is 129 Å². The van der Waals surface area contributed by atoms with Crippen LogP contribution in [0.4, 0.5) is 0 Å². The van der Waals surface area contributed by atoms with Gasteiger partial charge in [-0.05, 0) is 19.1 Å². The van der Waals surface area contributed by atoms with E-state index in [0.29, 0.717) is 0 Å². The summed E-state index contributed by atoms with van der Waals surface area (Å²) < 4.78 is 11.3. The molecule has 1 aromatic rings. The number of methoxy groups -OCH3 is 1. The highest BCUT2D eigenvalue weighted by Gasteiger charge is 2.54. The molecule has 1 fully saturated rings. The molecule has 1 aromatic heterocycles. The molecule has 0 bridgehead atoms. The predicted octanol–water partition coefficient (Wildman–Crippen LogP) is -1.02. The van der Waals surface area contributed by atoms with E-state index in [4.69, 9.17) is 21.7 Å². The lowest BCUT2D eigenvalue weighted by Crippen LogP contribution is -2.44. The minimum atomic E-state index is -1.65. The van der Waals surface area contributed by atoms with E-state index in [1.165, 1.54) is 26.2 Å². The summed E-state index contributed by atoms with van der Waals surface area (Å²) in [7, 11) is 1.27. The summed E-state index contributed by atoms with van der Waals surface area (Å²) >= 11 is 5.01. The molecule has 2 rings (SSSR count). The number of rotatable bonds is 3. The number of aromatic amines is 1. The van der Waals surface area contributed by atoms with E-state index in [1.807, 2.05) is 0 Å². The van der Waals surface area contributed by atoms with Gasteiger partial charge >= 0.3 is 0 Å². The third-order valence-corrected chi connectivity index (χ3v) is 3.83. The number of aliphatic hydroxyl groups excluding tert-OH is 3. The van der Waals surface area contributed by atoms with Crippen molar-refractivity contribution in [3.63, 3.8) is 0 Å². The molecule has 0 aromatic carbocycles. The number of aliphatic hydroxyl groups is 3. The molecule has 1 aliphatic heterocycles. The SMILES string of the molecule is COc1cn([C@]2(C)O[C@H](C(O)=C=O)[C@@H](O)[C@H]2O)c(=S)[nH]c1=O. The van der Waals surface area contributed by atoms with Crippen LogP contribution < -0.4 is 10.3 Å². The number of nitrogens with zero attached hydrogens (tertiary/aromatic N) is 1. The zero-order chi connectivity index (χ0) is 16.7. The Balaban J connectivity index is 2.59. The summed E-state index contributed by atoms with van der Waals surface area (Å²) in [6, 6.07) is 0. The minimum absolute atomic E-state index is 0.0984. The topological polar surface area (TPSA) is 134 Å². The summed E-state index contributed by atoms with van der Waals surface area (Å²) in [6.45, 7) is 1.37. The second kappa shape index (κ2) is 5.67. The molecule has 4 atom stereocenters. The molecule has 9 nitrogen and oxygen atoms in total. The highest BCUT2D eigenvalue weighted by atomic mass is 32.1. The van der Waals surface area contributed by atoms with Gasteiger partial charge in [-0.15, -0.1) is 0 Å². The van der Waals surface area contributed by atoms with Gasteiger partial charge in [-0.1, -0.05) is 0 Å². The Kier molecular flexibility index (Phi) is 4.23. The first-order chi connectivity index (χ1) is 10.3. The van der Waals surface area contributed by atoms with Crippen molar-refractivity contribution in [1.29, 1.82) is 0 Å². The Bertz CT molecular complexity index is 751. The molecule has 1 saturated heterocycles. The highest BCUT2D eigenvalue weighted by Crippen LogP contribution is 2.37. The van der Waals surface area contributed by atoms with Gasteiger partial charge in [0.2, 0.25) is 11.5 Å². The molecule has 2 heterocycles. The lowest BCUT2D eigenvalue weighted by molar-refractivity contribution is -0.127. The predicted molar refractivity (Wildman–Crippen MR) is 74.8 cm³/mol. The average Bonchev–Trinajstić information content (AvgIpc) is 2.72. The van der Waals surface area contributed by atoms with E-state index in [-0.39, 0.29) is 10.5 Å².